The van der Waals surface area contributed by atoms with Crippen LogP contribution in [-0.4, -0.2) is 0 Å². The maximum absolute atomic E-state index is 6.01. The number of rotatable bonds is 0. The molecule has 0 aromatic heterocycles. The molecule has 80 valence electrons. The van der Waals surface area contributed by atoms with Gasteiger partial charge in [-0.15, -0.1) is 0 Å². The van der Waals surface area contributed by atoms with E-state index in [9.17, 15) is 0 Å². The number of ether oxygens (including phenoxy) is 2. The van der Waals surface area contributed by atoms with Gasteiger partial charge in [-0.3, -0.25) is 0 Å². The third-order valence-corrected chi connectivity index (χ3v) is 2.88. The van der Waals surface area contributed by atoms with Crippen molar-refractivity contribution in [2.75, 3.05) is 0 Å². The van der Waals surface area contributed by atoms with Gasteiger partial charge in [0.25, 0.3) is 0 Å². The molecule has 3 rings (SSSR count). The van der Waals surface area contributed by atoms with Crippen molar-refractivity contribution in [2.45, 2.75) is 0 Å². The second-order valence-electron chi connectivity index (χ2n) is 3.34. The first kappa shape index (κ1) is 9.82. The second kappa shape index (κ2) is 3.58. The van der Waals surface area contributed by atoms with Crippen LogP contribution in [0.4, 0.5) is 0 Å². The van der Waals surface area contributed by atoms with Gasteiger partial charge in [-0.25, -0.2) is 0 Å². The number of fused-ring (bicyclic) bond motifs is 2. The van der Waals surface area contributed by atoms with E-state index in [0.717, 1.165) is 0 Å². The van der Waals surface area contributed by atoms with Crippen molar-refractivity contribution in [3.05, 3.63) is 46.4 Å². The first-order chi connectivity index (χ1) is 7.75. The highest BCUT2D eigenvalue weighted by Crippen LogP contribution is 2.50. The Labute approximate surface area is 102 Å². The lowest BCUT2D eigenvalue weighted by Crippen LogP contribution is -1.99. The third-order valence-electron chi connectivity index (χ3n) is 2.29. The van der Waals surface area contributed by atoms with Crippen molar-refractivity contribution in [3.8, 4) is 23.0 Å². The van der Waals surface area contributed by atoms with Crippen LogP contribution >= 0.6 is 23.2 Å². The lowest BCUT2D eigenvalue weighted by molar-refractivity contribution is 0.360. The van der Waals surface area contributed by atoms with Crippen molar-refractivity contribution >= 4 is 23.2 Å². The van der Waals surface area contributed by atoms with Gasteiger partial charge in [0.2, 0.25) is 0 Å². The van der Waals surface area contributed by atoms with Crippen molar-refractivity contribution in [1.29, 1.82) is 0 Å². The van der Waals surface area contributed by atoms with Crippen LogP contribution in [0.3, 0.4) is 0 Å². The highest BCUT2D eigenvalue weighted by molar-refractivity contribution is 6.33. The summed E-state index contributed by atoms with van der Waals surface area (Å²) in [5.41, 5.74) is 0. The fraction of sp³-hybridized carbons (Fsp3) is 0. The Morgan fingerprint density at radius 1 is 0.688 bits per heavy atom. The molecule has 0 fully saturated rings. The minimum absolute atomic E-state index is 0.517. The zero-order valence-corrected chi connectivity index (χ0v) is 9.55. The van der Waals surface area contributed by atoms with Crippen LogP contribution in [0.1, 0.15) is 0 Å². The molecule has 2 aromatic carbocycles. The largest absolute Gasteiger partial charge is 0.448 e. The fourth-order valence-corrected chi connectivity index (χ4v) is 1.97. The first-order valence-electron chi connectivity index (χ1n) is 4.68. The van der Waals surface area contributed by atoms with Crippen LogP contribution in [0.25, 0.3) is 0 Å². The molecule has 0 saturated heterocycles. The summed E-state index contributed by atoms with van der Waals surface area (Å²) >= 11 is 12.0. The van der Waals surface area contributed by atoms with Crippen LogP contribution in [-0.2, 0) is 0 Å². The number of hydrogen-bond acceptors (Lipinski definition) is 2. The molecular weight excluding hydrogens is 247 g/mol. The van der Waals surface area contributed by atoms with Gasteiger partial charge in [-0.1, -0.05) is 35.3 Å². The number of hydrogen-bond donors (Lipinski definition) is 0. The molecule has 0 atom stereocenters. The van der Waals surface area contributed by atoms with Gasteiger partial charge in [0.05, 0.1) is 10.0 Å². The van der Waals surface area contributed by atoms with E-state index in [0.29, 0.717) is 33.0 Å². The Balaban J connectivity index is 2.17. The van der Waals surface area contributed by atoms with Crippen LogP contribution in [0.15, 0.2) is 36.4 Å². The van der Waals surface area contributed by atoms with Crippen LogP contribution in [0.5, 0.6) is 23.0 Å². The van der Waals surface area contributed by atoms with Crippen LogP contribution in [0.2, 0.25) is 10.0 Å². The number of para-hydroxylation sites is 2. The molecule has 1 aliphatic rings. The van der Waals surface area contributed by atoms with Gasteiger partial charge in [0.1, 0.15) is 0 Å². The highest BCUT2D eigenvalue weighted by Gasteiger charge is 2.22. The molecule has 2 nitrogen and oxygen atoms in total. The molecule has 0 spiro atoms. The molecule has 0 N–H and O–H groups in total. The van der Waals surface area contributed by atoms with E-state index >= 15 is 0 Å². The highest BCUT2D eigenvalue weighted by atomic mass is 35.5. The molecule has 0 amide bonds. The summed E-state index contributed by atoms with van der Waals surface area (Å²) in [5, 5.41) is 1.03. The van der Waals surface area contributed by atoms with Crippen LogP contribution in [0, 0.1) is 0 Å². The minimum atomic E-state index is 0.517. The van der Waals surface area contributed by atoms with Crippen LogP contribution < -0.4 is 9.47 Å². The van der Waals surface area contributed by atoms with E-state index in [1.165, 1.54) is 0 Å². The average Bonchev–Trinajstić information content (AvgIpc) is 2.29. The quantitative estimate of drug-likeness (QED) is 0.567. The monoisotopic (exact) mass is 252 g/mol. The molecular formula is C12H6Cl2O2. The van der Waals surface area contributed by atoms with Crippen molar-refractivity contribution in [2.24, 2.45) is 0 Å². The zero-order chi connectivity index (χ0) is 11.1. The Hall–Kier alpha value is -1.38. The summed E-state index contributed by atoms with van der Waals surface area (Å²) in [4.78, 5) is 0. The van der Waals surface area contributed by atoms with Gasteiger partial charge >= 0.3 is 0 Å². The summed E-state index contributed by atoms with van der Waals surface area (Å²) in [7, 11) is 0. The Kier molecular flexibility index (Phi) is 2.20. The Morgan fingerprint density at radius 3 is 1.56 bits per heavy atom. The van der Waals surface area contributed by atoms with Gasteiger partial charge in [-0.05, 0) is 24.3 Å². The van der Waals surface area contributed by atoms with E-state index in [1.54, 1.807) is 36.4 Å². The standard InChI is InChI=1S/C12H6Cl2O2/c13-7-3-1-5-9-11(7)16-10-6-2-4-8(14)12(10)15-9/h1-6H. The summed E-state index contributed by atoms with van der Waals surface area (Å²) in [6, 6.07) is 10.7. The van der Waals surface area contributed by atoms with E-state index in [-0.39, 0.29) is 0 Å². The van der Waals surface area contributed by atoms with Crippen molar-refractivity contribution in [1.82, 2.24) is 0 Å². The van der Waals surface area contributed by atoms with Gasteiger partial charge < -0.3 is 9.47 Å². The zero-order valence-electron chi connectivity index (χ0n) is 8.04. The van der Waals surface area contributed by atoms with E-state index < -0.39 is 0 Å². The predicted molar refractivity (Wildman–Crippen MR) is 63.1 cm³/mol. The van der Waals surface area contributed by atoms with Crippen molar-refractivity contribution < 1.29 is 9.47 Å². The van der Waals surface area contributed by atoms with Gasteiger partial charge in [0.15, 0.2) is 23.0 Å². The summed E-state index contributed by atoms with van der Waals surface area (Å²) < 4.78 is 11.3. The normalized spacial score (nSPS) is 12.1. The lowest BCUT2D eigenvalue weighted by Gasteiger charge is -2.21. The summed E-state index contributed by atoms with van der Waals surface area (Å²) in [6.07, 6.45) is 0. The SMILES string of the molecule is Clc1cccc2c1Oc1cccc(Cl)c1O2. The third kappa shape index (κ3) is 1.42. The number of benzene rings is 2. The molecule has 16 heavy (non-hydrogen) atoms. The molecule has 1 aliphatic heterocycles. The van der Waals surface area contributed by atoms with E-state index in [1.807, 2.05) is 0 Å². The fourth-order valence-electron chi connectivity index (χ4n) is 1.56. The lowest BCUT2D eigenvalue weighted by atomic mass is 10.2. The molecule has 0 bridgehead atoms. The molecule has 0 saturated carbocycles. The van der Waals surface area contributed by atoms with Gasteiger partial charge in [-0.2, -0.15) is 0 Å². The summed E-state index contributed by atoms with van der Waals surface area (Å²) in [5.74, 6) is 2.21. The Morgan fingerprint density at radius 2 is 1.12 bits per heavy atom. The summed E-state index contributed by atoms with van der Waals surface area (Å²) in [6.45, 7) is 0. The first-order valence-corrected chi connectivity index (χ1v) is 5.44. The smallest absolute Gasteiger partial charge is 0.188 e. The number of halogens is 2. The minimum Gasteiger partial charge on any atom is -0.448 e. The molecule has 0 unspecified atom stereocenters. The van der Waals surface area contributed by atoms with E-state index in [4.69, 9.17) is 32.7 Å². The molecule has 0 aliphatic carbocycles. The molecule has 2 aromatic rings. The molecule has 0 radical (unpaired) electrons. The Bertz CT molecular complexity index is 515. The maximum Gasteiger partial charge on any atom is 0.188 e. The molecule has 4 heteroatoms. The van der Waals surface area contributed by atoms with Crippen molar-refractivity contribution in [3.63, 3.8) is 0 Å². The maximum atomic E-state index is 6.01. The predicted octanol–water partition coefficient (Wildman–Crippen LogP) is 4.89. The topological polar surface area (TPSA) is 18.5 Å². The van der Waals surface area contributed by atoms with Gasteiger partial charge in [0, 0.05) is 0 Å². The average molecular weight is 253 g/mol. The molecule has 1 heterocycles. The van der Waals surface area contributed by atoms with E-state index in [2.05, 4.69) is 0 Å². The second-order valence-corrected chi connectivity index (χ2v) is 4.15.